The number of amides is 1. The maximum absolute atomic E-state index is 11.8. The Bertz CT molecular complexity index is 221. The lowest BCUT2D eigenvalue weighted by atomic mass is 10.1. The molecule has 1 aliphatic rings. The van der Waals surface area contributed by atoms with Gasteiger partial charge in [0.1, 0.15) is 0 Å². The first kappa shape index (κ1) is 17.7. The molecule has 0 aromatic rings. The van der Waals surface area contributed by atoms with E-state index in [4.69, 9.17) is 10.5 Å². The van der Waals surface area contributed by atoms with E-state index < -0.39 is 0 Å². The van der Waals surface area contributed by atoms with Crippen LogP contribution in [0.5, 0.6) is 0 Å². The number of hydrogen-bond acceptors (Lipinski definition) is 3. The lowest BCUT2D eigenvalue weighted by Crippen LogP contribution is -2.31. The monoisotopic (exact) mass is 278 g/mol. The van der Waals surface area contributed by atoms with E-state index in [-0.39, 0.29) is 18.3 Å². The summed E-state index contributed by atoms with van der Waals surface area (Å²) in [5.74, 6) is 0.811. The average Bonchev–Trinajstić information content (AvgIpc) is 2.81. The predicted molar refractivity (Wildman–Crippen MR) is 76.0 cm³/mol. The van der Waals surface area contributed by atoms with Crippen LogP contribution < -0.4 is 5.73 Å². The highest BCUT2D eigenvalue weighted by Gasteiger charge is 2.19. The van der Waals surface area contributed by atoms with Gasteiger partial charge in [0.05, 0.1) is 6.61 Å². The van der Waals surface area contributed by atoms with Gasteiger partial charge in [-0.05, 0) is 25.8 Å². The molecule has 5 heteroatoms. The van der Waals surface area contributed by atoms with Crippen molar-refractivity contribution in [3.8, 4) is 0 Å². The summed E-state index contributed by atoms with van der Waals surface area (Å²) in [6.45, 7) is 3.27. The van der Waals surface area contributed by atoms with Crippen LogP contribution in [0.1, 0.15) is 38.5 Å². The van der Waals surface area contributed by atoms with Gasteiger partial charge in [0, 0.05) is 32.5 Å². The summed E-state index contributed by atoms with van der Waals surface area (Å²) in [6.07, 6.45) is 6.09. The SMILES string of the molecule is CN(CC1CCOC1)C(=O)CCCCCCN.Cl. The van der Waals surface area contributed by atoms with Gasteiger partial charge in [-0.2, -0.15) is 0 Å². The summed E-state index contributed by atoms with van der Waals surface area (Å²) in [7, 11) is 1.90. The molecule has 0 aromatic carbocycles. The Morgan fingerprint density at radius 2 is 2.06 bits per heavy atom. The van der Waals surface area contributed by atoms with Crippen molar-refractivity contribution in [3.63, 3.8) is 0 Å². The highest BCUT2D eigenvalue weighted by atomic mass is 35.5. The van der Waals surface area contributed by atoms with Crippen molar-refractivity contribution < 1.29 is 9.53 Å². The Kier molecular flexibility index (Phi) is 10.4. The van der Waals surface area contributed by atoms with Crippen LogP contribution in [0.4, 0.5) is 0 Å². The van der Waals surface area contributed by atoms with Crippen LogP contribution in [-0.2, 0) is 9.53 Å². The van der Waals surface area contributed by atoms with Gasteiger partial charge in [-0.15, -0.1) is 12.4 Å². The van der Waals surface area contributed by atoms with Gasteiger partial charge in [0.2, 0.25) is 5.91 Å². The summed E-state index contributed by atoms with van der Waals surface area (Å²) >= 11 is 0. The molecule has 1 heterocycles. The van der Waals surface area contributed by atoms with Crippen LogP contribution >= 0.6 is 12.4 Å². The Balaban J connectivity index is 0.00000289. The van der Waals surface area contributed by atoms with Crippen molar-refractivity contribution in [1.29, 1.82) is 0 Å². The first-order valence-electron chi connectivity index (χ1n) is 6.76. The third-order valence-corrected chi connectivity index (χ3v) is 3.33. The van der Waals surface area contributed by atoms with Crippen LogP contribution in [0.15, 0.2) is 0 Å². The van der Waals surface area contributed by atoms with Gasteiger partial charge in [-0.25, -0.2) is 0 Å². The van der Waals surface area contributed by atoms with Crippen molar-refractivity contribution in [2.24, 2.45) is 11.7 Å². The molecular formula is C13H27ClN2O2. The van der Waals surface area contributed by atoms with Crippen molar-refractivity contribution in [2.45, 2.75) is 38.5 Å². The quantitative estimate of drug-likeness (QED) is 0.689. The van der Waals surface area contributed by atoms with Gasteiger partial charge >= 0.3 is 0 Å². The second-order valence-electron chi connectivity index (χ2n) is 4.96. The average molecular weight is 279 g/mol. The van der Waals surface area contributed by atoms with Gasteiger partial charge in [0.25, 0.3) is 0 Å². The van der Waals surface area contributed by atoms with E-state index in [0.717, 1.165) is 58.4 Å². The molecule has 1 amide bonds. The van der Waals surface area contributed by atoms with E-state index in [2.05, 4.69) is 0 Å². The first-order valence-corrected chi connectivity index (χ1v) is 6.76. The van der Waals surface area contributed by atoms with E-state index in [1.165, 1.54) is 0 Å². The zero-order chi connectivity index (χ0) is 12.5. The zero-order valence-electron chi connectivity index (χ0n) is 11.4. The number of hydrogen-bond donors (Lipinski definition) is 1. The van der Waals surface area contributed by atoms with Gasteiger partial charge < -0.3 is 15.4 Å². The molecule has 0 spiro atoms. The number of carbonyl (C=O) groups is 1. The maximum Gasteiger partial charge on any atom is 0.222 e. The number of nitrogens with zero attached hydrogens (tertiary/aromatic N) is 1. The molecule has 4 nitrogen and oxygen atoms in total. The Hall–Kier alpha value is -0.320. The van der Waals surface area contributed by atoms with Crippen LogP contribution in [-0.4, -0.2) is 44.2 Å². The van der Waals surface area contributed by atoms with Crippen LogP contribution in [0.2, 0.25) is 0 Å². The van der Waals surface area contributed by atoms with E-state index in [0.29, 0.717) is 12.3 Å². The Morgan fingerprint density at radius 3 is 2.67 bits per heavy atom. The third-order valence-electron chi connectivity index (χ3n) is 3.33. The molecule has 108 valence electrons. The fourth-order valence-electron chi connectivity index (χ4n) is 2.18. The fourth-order valence-corrected chi connectivity index (χ4v) is 2.18. The predicted octanol–water partition coefficient (Wildman–Crippen LogP) is 1.81. The summed E-state index contributed by atoms with van der Waals surface area (Å²) in [5, 5.41) is 0. The standard InChI is InChI=1S/C13H26N2O2.ClH/c1-15(10-12-7-9-17-11-12)13(16)6-4-2-3-5-8-14;/h12H,2-11,14H2,1H3;1H. The Morgan fingerprint density at radius 1 is 1.33 bits per heavy atom. The number of rotatable bonds is 8. The molecule has 1 saturated heterocycles. The molecule has 1 rings (SSSR count). The minimum atomic E-state index is 0. The molecule has 0 aliphatic carbocycles. The highest BCUT2D eigenvalue weighted by molar-refractivity contribution is 5.85. The van der Waals surface area contributed by atoms with Crippen molar-refractivity contribution in [2.75, 3.05) is 33.4 Å². The van der Waals surface area contributed by atoms with E-state index >= 15 is 0 Å². The molecule has 1 aliphatic heterocycles. The molecular weight excluding hydrogens is 252 g/mol. The number of nitrogens with two attached hydrogens (primary N) is 1. The minimum Gasteiger partial charge on any atom is -0.381 e. The van der Waals surface area contributed by atoms with Crippen LogP contribution in [0, 0.1) is 5.92 Å². The highest BCUT2D eigenvalue weighted by Crippen LogP contribution is 2.14. The lowest BCUT2D eigenvalue weighted by Gasteiger charge is -2.20. The summed E-state index contributed by atoms with van der Waals surface area (Å²) in [6, 6.07) is 0. The molecule has 1 atom stereocenters. The number of carbonyl (C=O) groups excluding carboxylic acids is 1. The maximum atomic E-state index is 11.8. The number of unbranched alkanes of at least 4 members (excludes halogenated alkanes) is 3. The molecule has 0 bridgehead atoms. The van der Waals surface area contributed by atoms with Gasteiger partial charge in [0.15, 0.2) is 0 Å². The van der Waals surface area contributed by atoms with Crippen LogP contribution in [0.25, 0.3) is 0 Å². The summed E-state index contributed by atoms with van der Waals surface area (Å²) < 4.78 is 5.31. The van der Waals surface area contributed by atoms with E-state index in [1.54, 1.807) is 0 Å². The third kappa shape index (κ3) is 7.19. The van der Waals surface area contributed by atoms with Crippen molar-refractivity contribution >= 4 is 18.3 Å². The van der Waals surface area contributed by atoms with Crippen molar-refractivity contribution in [1.82, 2.24) is 4.90 Å². The second kappa shape index (κ2) is 10.6. The summed E-state index contributed by atoms with van der Waals surface area (Å²) in [4.78, 5) is 13.7. The topological polar surface area (TPSA) is 55.6 Å². The molecule has 0 radical (unpaired) electrons. The van der Waals surface area contributed by atoms with Gasteiger partial charge in [-0.3, -0.25) is 4.79 Å². The number of halogens is 1. The lowest BCUT2D eigenvalue weighted by molar-refractivity contribution is -0.130. The zero-order valence-corrected chi connectivity index (χ0v) is 12.2. The minimum absolute atomic E-state index is 0. The first-order chi connectivity index (χ1) is 8.24. The van der Waals surface area contributed by atoms with E-state index in [1.807, 2.05) is 11.9 Å². The van der Waals surface area contributed by atoms with E-state index in [9.17, 15) is 4.79 Å². The van der Waals surface area contributed by atoms with Crippen LogP contribution in [0.3, 0.4) is 0 Å². The molecule has 0 saturated carbocycles. The van der Waals surface area contributed by atoms with Crippen molar-refractivity contribution in [3.05, 3.63) is 0 Å². The van der Waals surface area contributed by atoms with Gasteiger partial charge in [-0.1, -0.05) is 12.8 Å². The Labute approximate surface area is 117 Å². The largest absolute Gasteiger partial charge is 0.381 e. The molecule has 2 N–H and O–H groups in total. The molecule has 1 fully saturated rings. The summed E-state index contributed by atoms with van der Waals surface area (Å²) in [5.41, 5.74) is 5.42. The normalized spacial score (nSPS) is 18.4. The fraction of sp³-hybridized carbons (Fsp3) is 0.923. The second-order valence-corrected chi connectivity index (χ2v) is 4.96. The smallest absolute Gasteiger partial charge is 0.222 e. The molecule has 18 heavy (non-hydrogen) atoms. The number of ether oxygens (including phenoxy) is 1. The molecule has 1 unspecified atom stereocenters. The molecule has 0 aromatic heterocycles.